The van der Waals surface area contributed by atoms with E-state index < -0.39 is 0 Å². The zero-order valence-corrected chi connectivity index (χ0v) is 12.5. The lowest BCUT2D eigenvalue weighted by atomic mass is 10.1. The van der Waals surface area contributed by atoms with Gasteiger partial charge in [-0.15, -0.1) is 0 Å². The zero-order chi connectivity index (χ0) is 14.7. The van der Waals surface area contributed by atoms with Crippen molar-refractivity contribution in [3.8, 4) is 0 Å². The molecule has 2 unspecified atom stereocenters. The van der Waals surface area contributed by atoms with E-state index in [0.717, 1.165) is 56.7 Å². The van der Waals surface area contributed by atoms with Crippen LogP contribution in [0.15, 0.2) is 10.6 Å². The molecule has 21 heavy (non-hydrogen) atoms. The van der Waals surface area contributed by atoms with Gasteiger partial charge in [0.2, 0.25) is 0 Å². The number of aromatic nitrogens is 1. The Bertz CT molecular complexity index is 482. The van der Waals surface area contributed by atoms with Gasteiger partial charge in [0, 0.05) is 25.8 Å². The van der Waals surface area contributed by atoms with Gasteiger partial charge >= 0.3 is 6.03 Å². The van der Waals surface area contributed by atoms with Gasteiger partial charge in [0.15, 0.2) is 5.76 Å². The normalized spacial score (nSPS) is 25.5. The Balaban J connectivity index is 1.58. The second-order valence-electron chi connectivity index (χ2n) is 5.75. The van der Waals surface area contributed by atoms with Crippen molar-refractivity contribution >= 4 is 6.03 Å². The molecule has 6 heteroatoms. The number of carbonyl (C=O) groups excluding carboxylic acids is 1. The first-order valence-electron chi connectivity index (χ1n) is 7.89. The lowest BCUT2D eigenvalue weighted by Gasteiger charge is -2.23. The molecule has 3 heterocycles. The first-order valence-corrected chi connectivity index (χ1v) is 7.89. The fourth-order valence-corrected chi connectivity index (χ4v) is 3.07. The fourth-order valence-electron chi connectivity index (χ4n) is 3.07. The molecule has 2 fully saturated rings. The molecule has 0 radical (unpaired) electrons. The maximum absolute atomic E-state index is 12.4. The number of carbonyl (C=O) groups is 1. The van der Waals surface area contributed by atoms with Crippen LogP contribution in [-0.2, 0) is 11.2 Å². The smallest absolute Gasteiger partial charge is 0.318 e. The number of urea groups is 1. The Morgan fingerprint density at radius 2 is 2.38 bits per heavy atom. The van der Waals surface area contributed by atoms with Gasteiger partial charge < -0.3 is 19.5 Å². The van der Waals surface area contributed by atoms with E-state index in [1.54, 1.807) is 0 Å². The number of nitrogens with zero attached hydrogens (tertiary/aromatic N) is 2. The topological polar surface area (TPSA) is 67.6 Å². The highest BCUT2D eigenvalue weighted by molar-refractivity contribution is 5.75. The number of aryl methyl sites for hydroxylation is 1. The highest BCUT2D eigenvalue weighted by Crippen LogP contribution is 2.32. The molecule has 2 aliphatic rings. The van der Waals surface area contributed by atoms with Crippen LogP contribution in [0.2, 0.25) is 0 Å². The minimum absolute atomic E-state index is 0.0160. The summed E-state index contributed by atoms with van der Waals surface area (Å²) >= 11 is 0. The summed E-state index contributed by atoms with van der Waals surface area (Å²) in [5.74, 6) is 0.802. The third kappa shape index (κ3) is 3.20. The number of nitrogens with one attached hydrogen (secondary N) is 1. The third-order valence-electron chi connectivity index (χ3n) is 4.29. The molecule has 6 nitrogen and oxygen atoms in total. The van der Waals surface area contributed by atoms with Crippen LogP contribution in [0, 0.1) is 0 Å². The summed E-state index contributed by atoms with van der Waals surface area (Å²) in [6.45, 7) is 4.22. The maximum Gasteiger partial charge on any atom is 0.318 e. The molecule has 2 aliphatic heterocycles. The number of ether oxygens (including phenoxy) is 1. The van der Waals surface area contributed by atoms with Crippen LogP contribution in [0.25, 0.3) is 0 Å². The molecule has 0 saturated carbocycles. The second-order valence-corrected chi connectivity index (χ2v) is 5.75. The quantitative estimate of drug-likeness (QED) is 0.924. The molecule has 1 aromatic rings. The number of hydrogen-bond acceptors (Lipinski definition) is 4. The van der Waals surface area contributed by atoms with Crippen molar-refractivity contribution in [2.75, 3.05) is 19.7 Å². The largest absolute Gasteiger partial charge is 0.376 e. The number of likely N-dealkylation sites (tertiary alicyclic amines) is 1. The summed E-state index contributed by atoms with van der Waals surface area (Å²) in [6.07, 6.45) is 5.08. The first kappa shape index (κ1) is 14.4. The summed E-state index contributed by atoms with van der Waals surface area (Å²) in [5, 5.41) is 7.02. The molecule has 2 amide bonds. The van der Waals surface area contributed by atoms with Gasteiger partial charge in [-0.2, -0.15) is 0 Å². The molecular weight excluding hydrogens is 270 g/mol. The fraction of sp³-hybridized carbons (Fsp3) is 0.733. The van der Waals surface area contributed by atoms with Crippen molar-refractivity contribution in [1.82, 2.24) is 15.4 Å². The lowest BCUT2D eigenvalue weighted by Crippen LogP contribution is -2.42. The summed E-state index contributed by atoms with van der Waals surface area (Å²) in [6, 6.07) is 1.96. The molecule has 1 aromatic heterocycles. The first-order chi connectivity index (χ1) is 10.3. The van der Waals surface area contributed by atoms with Gasteiger partial charge in [0.05, 0.1) is 17.8 Å². The minimum atomic E-state index is -0.0255. The number of hydrogen-bond donors (Lipinski definition) is 1. The predicted octanol–water partition coefficient (Wildman–Crippen LogP) is 2.26. The van der Waals surface area contributed by atoms with E-state index in [1.165, 1.54) is 0 Å². The van der Waals surface area contributed by atoms with E-state index >= 15 is 0 Å². The van der Waals surface area contributed by atoms with E-state index in [0.29, 0.717) is 6.54 Å². The van der Waals surface area contributed by atoms with Gasteiger partial charge in [-0.05, 0) is 32.1 Å². The highest BCUT2D eigenvalue weighted by atomic mass is 16.5. The summed E-state index contributed by atoms with van der Waals surface area (Å²) < 4.78 is 10.9. The standard InChI is InChI=1S/C15H23N3O3/c1-2-11-9-14(21-17-11)13-6-3-7-18(13)15(19)16-10-12-5-4-8-20-12/h9,12-13H,2-8,10H2,1H3,(H,16,19). The van der Waals surface area contributed by atoms with Crippen LogP contribution in [0.3, 0.4) is 0 Å². The van der Waals surface area contributed by atoms with Crippen LogP contribution >= 0.6 is 0 Å². The molecule has 0 aliphatic carbocycles. The van der Waals surface area contributed by atoms with Crippen molar-refractivity contribution in [2.45, 2.75) is 51.2 Å². The summed E-state index contributed by atoms with van der Waals surface area (Å²) in [7, 11) is 0. The molecule has 1 N–H and O–H groups in total. The SMILES string of the molecule is CCc1cc(C2CCCN2C(=O)NCC2CCCO2)on1. The van der Waals surface area contributed by atoms with Crippen LogP contribution < -0.4 is 5.32 Å². The molecule has 0 spiro atoms. The zero-order valence-electron chi connectivity index (χ0n) is 12.5. The van der Waals surface area contributed by atoms with E-state index in [9.17, 15) is 4.79 Å². The van der Waals surface area contributed by atoms with E-state index in [-0.39, 0.29) is 18.2 Å². The second kappa shape index (κ2) is 6.47. The Hall–Kier alpha value is -1.56. The Morgan fingerprint density at radius 1 is 1.48 bits per heavy atom. The molecule has 116 valence electrons. The van der Waals surface area contributed by atoms with Crippen LogP contribution in [0.5, 0.6) is 0 Å². The number of rotatable bonds is 4. The average Bonchev–Trinajstić information content (AvgIpc) is 3.23. The van der Waals surface area contributed by atoms with Gasteiger partial charge in [-0.3, -0.25) is 0 Å². The monoisotopic (exact) mass is 293 g/mol. The van der Waals surface area contributed by atoms with Gasteiger partial charge in [-0.25, -0.2) is 4.79 Å². The lowest BCUT2D eigenvalue weighted by molar-refractivity contribution is 0.108. The average molecular weight is 293 g/mol. The molecule has 0 bridgehead atoms. The van der Waals surface area contributed by atoms with Gasteiger partial charge in [0.1, 0.15) is 0 Å². The van der Waals surface area contributed by atoms with Crippen molar-refractivity contribution in [2.24, 2.45) is 0 Å². The summed E-state index contributed by atoms with van der Waals surface area (Å²) in [5.41, 5.74) is 0.941. The maximum atomic E-state index is 12.4. The van der Waals surface area contributed by atoms with E-state index in [1.807, 2.05) is 17.9 Å². The number of amides is 2. The van der Waals surface area contributed by atoms with Crippen molar-refractivity contribution in [3.05, 3.63) is 17.5 Å². The Morgan fingerprint density at radius 3 is 3.10 bits per heavy atom. The molecule has 2 saturated heterocycles. The van der Waals surface area contributed by atoms with Crippen molar-refractivity contribution in [3.63, 3.8) is 0 Å². The Kier molecular flexibility index (Phi) is 4.43. The predicted molar refractivity (Wildman–Crippen MR) is 76.9 cm³/mol. The summed E-state index contributed by atoms with van der Waals surface area (Å²) in [4.78, 5) is 14.2. The Labute approximate surface area is 124 Å². The molecule has 3 rings (SSSR count). The van der Waals surface area contributed by atoms with E-state index in [4.69, 9.17) is 9.26 Å². The van der Waals surface area contributed by atoms with Crippen LogP contribution in [0.4, 0.5) is 4.79 Å². The molecule has 0 aromatic carbocycles. The van der Waals surface area contributed by atoms with Gasteiger partial charge in [0.25, 0.3) is 0 Å². The van der Waals surface area contributed by atoms with Gasteiger partial charge in [-0.1, -0.05) is 12.1 Å². The van der Waals surface area contributed by atoms with Crippen molar-refractivity contribution < 1.29 is 14.1 Å². The highest BCUT2D eigenvalue weighted by Gasteiger charge is 2.33. The molecule has 2 atom stereocenters. The van der Waals surface area contributed by atoms with Crippen LogP contribution in [0.1, 0.15) is 50.1 Å². The minimum Gasteiger partial charge on any atom is -0.376 e. The third-order valence-corrected chi connectivity index (χ3v) is 4.29. The van der Waals surface area contributed by atoms with E-state index in [2.05, 4.69) is 10.5 Å². The van der Waals surface area contributed by atoms with Crippen LogP contribution in [-0.4, -0.2) is 41.9 Å². The molecular formula is C15H23N3O3. The van der Waals surface area contributed by atoms with Crippen molar-refractivity contribution in [1.29, 1.82) is 0 Å².